The van der Waals surface area contributed by atoms with E-state index in [2.05, 4.69) is 15.3 Å². The Balaban J connectivity index is 1.71. The van der Waals surface area contributed by atoms with Gasteiger partial charge in [-0.25, -0.2) is 0 Å². The van der Waals surface area contributed by atoms with Crippen molar-refractivity contribution in [3.63, 3.8) is 0 Å². The van der Waals surface area contributed by atoms with Crippen LogP contribution in [0, 0.1) is 0 Å². The highest BCUT2D eigenvalue weighted by Crippen LogP contribution is 2.33. The molecule has 0 radical (unpaired) electrons. The van der Waals surface area contributed by atoms with Gasteiger partial charge in [0.25, 0.3) is 0 Å². The van der Waals surface area contributed by atoms with Crippen LogP contribution in [-0.2, 0) is 15.0 Å². The Hall–Kier alpha value is -1.09. The molecule has 4 rings (SSSR count). The van der Waals surface area contributed by atoms with Gasteiger partial charge in [0.05, 0.1) is 12.1 Å². The van der Waals surface area contributed by atoms with Crippen LogP contribution in [0.1, 0.15) is 36.0 Å². The molecular formula is C12H17N5O2S. The Morgan fingerprint density at radius 2 is 2.05 bits per heavy atom. The Labute approximate surface area is 120 Å². The highest BCUT2D eigenvalue weighted by atomic mass is 32.1. The Bertz CT molecular complexity index is 612. The van der Waals surface area contributed by atoms with Crippen LogP contribution >= 0.6 is 11.3 Å². The van der Waals surface area contributed by atoms with Gasteiger partial charge in [-0.1, -0.05) is 11.3 Å². The van der Waals surface area contributed by atoms with Crippen LogP contribution in [0.4, 0.5) is 0 Å². The minimum absolute atomic E-state index is 0.377. The second-order valence-electron chi connectivity index (χ2n) is 5.51. The largest absolute Gasteiger partial charge is 0.381 e. The van der Waals surface area contributed by atoms with Crippen LogP contribution in [0.2, 0.25) is 0 Å². The van der Waals surface area contributed by atoms with E-state index in [-0.39, 0.29) is 0 Å². The first-order valence-corrected chi connectivity index (χ1v) is 7.75. The third kappa shape index (κ3) is 1.95. The first-order chi connectivity index (χ1) is 9.76. The van der Waals surface area contributed by atoms with Gasteiger partial charge in [-0.05, 0) is 19.3 Å². The quantitative estimate of drug-likeness (QED) is 0.875. The molecule has 0 spiro atoms. The fraction of sp³-hybridized carbons (Fsp3) is 0.750. The van der Waals surface area contributed by atoms with Crippen LogP contribution in [0.15, 0.2) is 0 Å². The van der Waals surface area contributed by atoms with E-state index in [0.29, 0.717) is 19.1 Å². The van der Waals surface area contributed by atoms with Gasteiger partial charge in [0, 0.05) is 25.7 Å². The summed E-state index contributed by atoms with van der Waals surface area (Å²) in [6.45, 7) is 2.80. The van der Waals surface area contributed by atoms with Gasteiger partial charge < -0.3 is 15.2 Å². The Morgan fingerprint density at radius 3 is 2.80 bits per heavy atom. The SMILES string of the molecule is NC1(c2nn3c(C4CCOCC4)nnc3s2)CCOC1. The summed E-state index contributed by atoms with van der Waals surface area (Å²) in [5.74, 6) is 1.32. The monoisotopic (exact) mass is 295 g/mol. The molecule has 0 saturated carbocycles. The number of nitrogens with zero attached hydrogens (tertiary/aromatic N) is 4. The molecular weight excluding hydrogens is 278 g/mol. The molecule has 2 saturated heterocycles. The second-order valence-corrected chi connectivity index (χ2v) is 6.46. The molecule has 2 fully saturated rings. The lowest BCUT2D eigenvalue weighted by atomic mass is 10.00. The molecule has 0 aliphatic carbocycles. The van der Waals surface area contributed by atoms with E-state index in [4.69, 9.17) is 15.2 Å². The lowest BCUT2D eigenvalue weighted by Crippen LogP contribution is -2.37. The van der Waals surface area contributed by atoms with E-state index in [0.717, 1.165) is 48.3 Å². The maximum Gasteiger partial charge on any atom is 0.234 e. The zero-order chi connectivity index (χ0) is 13.6. The molecule has 20 heavy (non-hydrogen) atoms. The van der Waals surface area contributed by atoms with Crippen LogP contribution < -0.4 is 5.73 Å². The van der Waals surface area contributed by atoms with Crippen molar-refractivity contribution in [2.45, 2.75) is 30.7 Å². The van der Waals surface area contributed by atoms with E-state index in [1.165, 1.54) is 11.3 Å². The van der Waals surface area contributed by atoms with E-state index < -0.39 is 5.54 Å². The molecule has 0 aromatic carbocycles. The first-order valence-electron chi connectivity index (χ1n) is 6.93. The number of hydrogen-bond donors (Lipinski definition) is 1. The lowest BCUT2D eigenvalue weighted by molar-refractivity contribution is 0.0831. The lowest BCUT2D eigenvalue weighted by Gasteiger charge is -2.20. The Morgan fingerprint density at radius 1 is 1.20 bits per heavy atom. The number of fused-ring (bicyclic) bond motifs is 1. The van der Waals surface area contributed by atoms with E-state index in [1.54, 1.807) is 0 Å². The second kappa shape index (κ2) is 4.73. The van der Waals surface area contributed by atoms with Gasteiger partial charge in [0.2, 0.25) is 4.96 Å². The van der Waals surface area contributed by atoms with Crippen molar-refractivity contribution < 1.29 is 9.47 Å². The molecule has 1 atom stereocenters. The molecule has 2 aromatic rings. The first kappa shape index (κ1) is 12.6. The van der Waals surface area contributed by atoms with Gasteiger partial charge >= 0.3 is 0 Å². The molecule has 2 N–H and O–H groups in total. The molecule has 108 valence electrons. The number of aromatic nitrogens is 4. The average molecular weight is 295 g/mol. The topological polar surface area (TPSA) is 87.6 Å². The Kier molecular flexibility index (Phi) is 2.99. The zero-order valence-electron chi connectivity index (χ0n) is 11.1. The minimum Gasteiger partial charge on any atom is -0.381 e. The van der Waals surface area contributed by atoms with Crippen molar-refractivity contribution >= 4 is 16.3 Å². The van der Waals surface area contributed by atoms with Crippen molar-refractivity contribution in [2.75, 3.05) is 26.4 Å². The molecule has 2 aliphatic rings. The molecule has 8 heteroatoms. The summed E-state index contributed by atoms with van der Waals surface area (Å²) < 4.78 is 12.7. The van der Waals surface area contributed by atoms with Gasteiger partial charge in [-0.2, -0.15) is 9.61 Å². The van der Waals surface area contributed by atoms with Crippen molar-refractivity contribution in [3.8, 4) is 0 Å². The predicted molar refractivity (Wildman–Crippen MR) is 72.8 cm³/mol. The van der Waals surface area contributed by atoms with Crippen molar-refractivity contribution in [1.82, 2.24) is 19.8 Å². The maximum absolute atomic E-state index is 6.37. The summed E-state index contributed by atoms with van der Waals surface area (Å²) in [6, 6.07) is 0. The summed E-state index contributed by atoms with van der Waals surface area (Å²) in [5.41, 5.74) is 5.91. The van der Waals surface area contributed by atoms with E-state index in [9.17, 15) is 0 Å². The molecule has 0 bridgehead atoms. The van der Waals surface area contributed by atoms with E-state index in [1.807, 2.05) is 4.52 Å². The molecule has 2 aromatic heterocycles. The molecule has 2 aliphatic heterocycles. The number of ether oxygens (including phenoxy) is 2. The van der Waals surface area contributed by atoms with Crippen LogP contribution in [0.3, 0.4) is 0 Å². The van der Waals surface area contributed by atoms with Crippen molar-refractivity contribution in [3.05, 3.63) is 10.8 Å². The number of nitrogens with two attached hydrogens (primary N) is 1. The number of rotatable bonds is 2. The molecule has 4 heterocycles. The van der Waals surface area contributed by atoms with Crippen LogP contribution in [-0.4, -0.2) is 46.2 Å². The normalized spacial score (nSPS) is 28.4. The van der Waals surface area contributed by atoms with Gasteiger partial charge in [-0.15, -0.1) is 10.2 Å². The van der Waals surface area contributed by atoms with Gasteiger partial charge in [0.15, 0.2) is 5.82 Å². The summed E-state index contributed by atoms with van der Waals surface area (Å²) in [4.78, 5) is 0.818. The van der Waals surface area contributed by atoms with Gasteiger partial charge in [0.1, 0.15) is 5.01 Å². The molecule has 7 nitrogen and oxygen atoms in total. The van der Waals surface area contributed by atoms with Crippen LogP contribution in [0.5, 0.6) is 0 Å². The van der Waals surface area contributed by atoms with Crippen LogP contribution in [0.25, 0.3) is 4.96 Å². The maximum atomic E-state index is 6.37. The predicted octanol–water partition coefficient (Wildman–Crippen LogP) is 0.654. The highest BCUT2D eigenvalue weighted by molar-refractivity contribution is 7.16. The summed E-state index contributed by atoms with van der Waals surface area (Å²) >= 11 is 1.52. The fourth-order valence-corrected chi connectivity index (χ4v) is 3.76. The van der Waals surface area contributed by atoms with Crippen molar-refractivity contribution in [2.24, 2.45) is 5.73 Å². The zero-order valence-corrected chi connectivity index (χ0v) is 11.9. The standard InChI is InChI=1S/C12H17N5O2S/c13-12(3-6-19-7-12)10-16-17-9(14-15-11(17)20-10)8-1-4-18-5-2-8/h8H,1-7,13H2. The van der Waals surface area contributed by atoms with Gasteiger partial charge in [-0.3, -0.25) is 0 Å². The fourth-order valence-electron chi connectivity index (χ4n) is 2.79. The van der Waals surface area contributed by atoms with Crippen molar-refractivity contribution in [1.29, 1.82) is 0 Å². The van der Waals surface area contributed by atoms with E-state index >= 15 is 0 Å². The molecule has 0 amide bonds. The minimum atomic E-state index is -0.460. The summed E-state index contributed by atoms with van der Waals surface area (Å²) in [5, 5.41) is 14.1. The summed E-state index contributed by atoms with van der Waals surface area (Å²) in [6.07, 6.45) is 2.76. The third-order valence-corrected chi connectivity index (χ3v) is 5.20. The highest BCUT2D eigenvalue weighted by Gasteiger charge is 2.37. The average Bonchev–Trinajstić information content (AvgIpc) is 3.14. The molecule has 1 unspecified atom stereocenters. The third-order valence-electron chi connectivity index (χ3n) is 4.08. The number of hydrogen-bond acceptors (Lipinski definition) is 7. The summed E-state index contributed by atoms with van der Waals surface area (Å²) in [7, 11) is 0. The smallest absolute Gasteiger partial charge is 0.234 e.